The van der Waals surface area contributed by atoms with E-state index in [2.05, 4.69) is 10.5 Å². The molecule has 0 aliphatic heterocycles. The molecule has 0 radical (unpaired) electrons. The second kappa shape index (κ2) is 6.73. The summed E-state index contributed by atoms with van der Waals surface area (Å²) >= 11 is 0. The normalized spacial score (nSPS) is 11.5. The van der Waals surface area contributed by atoms with Crippen LogP contribution in [0.15, 0.2) is 23.4 Å². The zero-order valence-electron chi connectivity index (χ0n) is 9.91. The number of nitrogens with one attached hydrogen (secondary N) is 1. The first-order chi connectivity index (χ1) is 8.15. The smallest absolute Gasteiger partial charge is 0.139 e. The summed E-state index contributed by atoms with van der Waals surface area (Å²) < 4.78 is 13.2. The molecule has 1 aromatic carbocycles. The van der Waals surface area contributed by atoms with Gasteiger partial charge in [0, 0.05) is 24.2 Å². The molecule has 0 amide bonds. The van der Waals surface area contributed by atoms with Crippen molar-refractivity contribution in [3.8, 4) is 0 Å². The number of hydrogen-bond acceptors (Lipinski definition) is 3. The maximum atomic E-state index is 13.2. The highest BCUT2D eigenvalue weighted by molar-refractivity contribution is 5.79. The van der Waals surface area contributed by atoms with Gasteiger partial charge < -0.3 is 16.3 Å². The summed E-state index contributed by atoms with van der Waals surface area (Å²) in [4.78, 5) is 0. The third kappa shape index (κ3) is 4.30. The number of benzene rings is 1. The topological polar surface area (TPSA) is 70.6 Å². The number of hydrogen-bond donors (Lipinski definition) is 3. The molecular weight excluding hydrogens is 221 g/mol. The molecule has 1 rings (SSSR count). The number of nitrogens with zero attached hydrogens (tertiary/aromatic N) is 1. The largest absolute Gasteiger partial charge is 0.409 e. The van der Waals surface area contributed by atoms with Gasteiger partial charge in [-0.3, -0.25) is 0 Å². The monoisotopic (exact) mass is 239 g/mol. The van der Waals surface area contributed by atoms with Crippen LogP contribution in [0, 0.1) is 12.7 Å². The minimum Gasteiger partial charge on any atom is -0.409 e. The Kier molecular flexibility index (Phi) is 5.26. The van der Waals surface area contributed by atoms with Gasteiger partial charge in [-0.25, -0.2) is 4.39 Å². The number of nitrogens with two attached hydrogens (primary N) is 1. The molecule has 17 heavy (non-hydrogen) atoms. The number of anilines is 1. The fourth-order valence-electron chi connectivity index (χ4n) is 1.50. The molecule has 4 N–H and O–H groups in total. The molecule has 5 heteroatoms. The first kappa shape index (κ1) is 13.3. The van der Waals surface area contributed by atoms with Crippen molar-refractivity contribution in [3.05, 3.63) is 29.6 Å². The van der Waals surface area contributed by atoms with Crippen LogP contribution in [-0.2, 0) is 0 Å². The number of halogens is 1. The van der Waals surface area contributed by atoms with Crippen molar-refractivity contribution in [1.82, 2.24) is 0 Å². The van der Waals surface area contributed by atoms with Crippen LogP contribution in [0.5, 0.6) is 0 Å². The van der Waals surface area contributed by atoms with E-state index in [1.807, 2.05) is 6.07 Å². The van der Waals surface area contributed by atoms with Crippen LogP contribution in [-0.4, -0.2) is 17.6 Å². The Labute approximate surface area is 100 Å². The molecule has 0 fully saturated rings. The first-order valence-electron chi connectivity index (χ1n) is 5.60. The highest BCUT2D eigenvalue weighted by atomic mass is 19.1. The molecule has 0 aliphatic rings. The van der Waals surface area contributed by atoms with E-state index in [0.29, 0.717) is 12.0 Å². The van der Waals surface area contributed by atoms with Crippen molar-refractivity contribution in [2.45, 2.75) is 26.2 Å². The van der Waals surface area contributed by atoms with E-state index in [0.717, 1.165) is 25.1 Å². The van der Waals surface area contributed by atoms with Gasteiger partial charge in [0.25, 0.3) is 0 Å². The lowest BCUT2D eigenvalue weighted by molar-refractivity contribution is 0.316. The quantitative estimate of drug-likeness (QED) is 0.235. The Bertz CT molecular complexity index is 393. The Hall–Kier alpha value is -1.78. The predicted octanol–water partition coefficient (Wildman–Crippen LogP) is 2.46. The SMILES string of the molecule is Cc1c(F)cccc1NCCCCC(N)=NO. The van der Waals surface area contributed by atoms with E-state index in [1.165, 1.54) is 6.07 Å². The minimum absolute atomic E-state index is 0.202. The molecule has 0 unspecified atom stereocenters. The van der Waals surface area contributed by atoms with Crippen LogP contribution in [0.1, 0.15) is 24.8 Å². The molecule has 4 nitrogen and oxygen atoms in total. The number of rotatable bonds is 6. The Morgan fingerprint density at radius 1 is 1.47 bits per heavy atom. The van der Waals surface area contributed by atoms with Gasteiger partial charge in [0.1, 0.15) is 11.7 Å². The van der Waals surface area contributed by atoms with Crippen molar-refractivity contribution in [3.63, 3.8) is 0 Å². The molecule has 0 saturated heterocycles. The summed E-state index contributed by atoms with van der Waals surface area (Å²) in [7, 11) is 0. The highest BCUT2D eigenvalue weighted by Gasteiger charge is 2.02. The van der Waals surface area contributed by atoms with Crippen molar-refractivity contribution >= 4 is 11.5 Å². The zero-order valence-corrected chi connectivity index (χ0v) is 9.91. The third-order valence-corrected chi connectivity index (χ3v) is 2.57. The van der Waals surface area contributed by atoms with Gasteiger partial charge >= 0.3 is 0 Å². The second-order valence-corrected chi connectivity index (χ2v) is 3.89. The van der Waals surface area contributed by atoms with Gasteiger partial charge in [-0.15, -0.1) is 0 Å². The molecule has 0 aromatic heterocycles. The van der Waals surface area contributed by atoms with Gasteiger partial charge in [-0.2, -0.15) is 0 Å². The van der Waals surface area contributed by atoms with Crippen molar-refractivity contribution < 1.29 is 9.60 Å². The Balaban J connectivity index is 2.29. The molecule has 94 valence electrons. The fourth-order valence-corrected chi connectivity index (χ4v) is 1.50. The standard InChI is InChI=1S/C12H18FN3O/c1-9-10(13)5-4-6-11(9)15-8-3-2-7-12(14)16-17/h4-6,15,17H,2-3,7-8H2,1H3,(H2,14,16). The van der Waals surface area contributed by atoms with E-state index in [9.17, 15) is 4.39 Å². The van der Waals surface area contributed by atoms with Crippen molar-refractivity contribution in [1.29, 1.82) is 0 Å². The molecule has 0 heterocycles. The zero-order chi connectivity index (χ0) is 12.7. The van der Waals surface area contributed by atoms with Crippen LogP contribution in [0.3, 0.4) is 0 Å². The van der Waals surface area contributed by atoms with E-state index < -0.39 is 0 Å². The maximum absolute atomic E-state index is 13.2. The maximum Gasteiger partial charge on any atom is 0.139 e. The summed E-state index contributed by atoms with van der Waals surface area (Å²) in [6.45, 7) is 2.48. The summed E-state index contributed by atoms with van der Waals surface area (Å²) in [6, 6.07) is 4.97. The predicted molar refractivity (Wildman–Crippen MR) is 66.9 cm³/mol. The number of oxime groups is 1. The molecule has 0 aliphatic carbocycles. The lowest BCUT2D eigenvalue weighted by Crippen LogP contribution is -2.12. The lowest BCUT2D eigenvalue weighted by atomic mass is 10.1. The van der Waals surface area contributed by atoms with E-state index in [1.54, 1.807) is 13.0 Å². The van der Waals surface area contributed by atoms with Gasteiger partial charge in [-0.05, 0) is 31.9 Å². The average molecular weight is 239 g/mol. The molecule has 1 aromatic rings. The Morgan fingerprint density at radius 2 is 2.24 bits per heavy atom. The molecule has 0 spiro atoms. The molecule has 0 bridgehead atoms. The highest BCUT2D eigenvalue weighted by Crippen LogP contribution is 2.17. The van der Waals surface area contributed by atoms with Gasteiger partial charge in [0.05, 0.1) is 0 Å². The van der Waals surface area contributed by atoms with Crippen LogP contribution >= 0.6 is 0 Å². The average Bonchev–Trinajstić information content (AvgIpc) is 2.33. The fraction of sp³-hybridized carbons (Fsp3) is 0.417. The summed E-state index contributed by atoms with van der Waals surface area (Å²) in [5, 5.41) is 14.4. The van der Waals surface area contributed by atoms with Crippen LogP contribution in [0.2, 0.25) is 0 Å². The van der Waals surface area contributed by atoms with Gasteiger partial charge in [0.2, 0.25) is 0 Å². The summed E-state index contributed by atoms with van der Waals surface area (Å²) in [5.41, 5.74) is 6.78. The van der Waals surface area contributed by atoms with Crippen molar-refractivity contribution in [2.75, 3.05) is 11.9 Å². The molecule has 0 atom stereocenters. The number of unbranched alkanes of at least 4 members (excludes halogenated alkanes) is 1. The van der Waals surface area contributed by atoms with Gasteiger partial charge in [0.15, 0.2) is 0 Å². The van der Waals surface area contributed by atoms with Crippen LogP contribution < -0.4 is 11.1 Å². The van der Waals surface area contributed by atoms with E-state index >= 15 is 0 Å². The van der Waals surface area contributed by atoms with E-state index in [-0.39, 0.29) is 11.7 Å². The first-order valence-corrected chi connectivity index (χ1v) is 5.60. The summed E-state index contributed by atoms with van der Waals surface area (Å²) in [5.74, 6) is 0.0404. The molecule has 0 saturated carbocycles. The van der Waals surface area contributed by atoms with Crippen molar-refractivity contribution in [2.24, 2.45) is 10.9 Å². The van der Waals surface area contributed by atoms with E-state index in [4.69, 9.17) is 10.9 Å². The number of amidine groups is 1. The Morgan fingerprint density at radius 3 is 2.94 bits per heavy atom. The summed E-state index contributed by atoms with van der Waals surface area (Å²) in [6.07, 6.45) is 2.28. The van der Waals surface area contributed by atoms with Gasteiger partial charge in [-0.1, -0.05) is 11.2 Å². The second-order valence-electron chi connectivity index (χ2n) is 3.89. The molecular formula is C12H18FN3O. The van der Waals surface area contributed by atoms with Crippen LogP contribution in [0.25, 0.3) is 0 Å². The minimum atomic E-state index is -0.202. The lowest BCUT2D eigenvalue weighted by Gasteiger charge is -2.09. The van der Waals surface area contributed by atoms with Crippen LogP contribution in [0.4, 0.5) is 10.1 Å². The third-order valence-electron chi connectivity index (χ3n) is 2.57.